The number of thiazole rings is 1. The number of carbonyl (C=O) groups is 1. The molecule has 0 fully saturated rings. The molecular weight excluding hydrogens is 407 g/mol. The van der Waals surface area contributed by atoms with Crippen LogP contribution in [0.15, 0.2) is 60.7 Å². The summed E-state index contributed by atoms with van der Waals surface area (Å²) in [5.74, 6) is -0.792. The zero-order chi connectivity index (χ0) is 20.5. The lowest BCUT2D eigenvalue weighted by atomic mass is 10.1. The first-order valence-electron chi connectivity index (χ1n) is 9.11. The maximum Gasteiger partial charge on any atom is 0.261 e. The molecule has 3 nitrogen and oxygen atoms in total. The van der Waals surface area contributed by atoms with E-state index < -0.39 is 5.82 Å². The third kappa shape index (κ3) is 4.02. The van der Waals surface area contributed by atoms with Gasteiger partial charge in [0.2, 0.25) is 0 Å². The number of aromatic nitrogens is 1. The van der Waals surface area contributed by atoms with Crippen molar-refractivity contribution in [3.8, 4) is 0 Å². The van der Waals surface area contributed by atoms with Crippen molar-refractivity contribution in [2.24, 2.45) is 0 Å². The number of amides is 1. The molecule has 0 saturated heterocycles. The molecule has 4 rings (SSSR count). The molecule has 29 heavy (non-hydrogen) atoms. The Balaban J connectivity index is 1.82. The first-order valence-corrected chi connectivity index (χ1v) is 10.3. The Morgan fingerprint density at radius 2 is 1.86 bits per heavy atom. The molecule has 3 aromatic carbocycles. The second kappa shape index (κ2) is 7.93. The van der Waals surface area contributed by atoms with Crippen LogP contribution < -0.4 is 4.90 Å². The van der Waals surface area contributed by atoms with E-state index in [9.17, 15) is 9.18 Å². The van der Waals surface area contributed by atoms with Crippen LogP contribution in [0.1, 0.15) is 27.0 Å². The van der Waals surface area contributed by atoms with Crippen LogP contribution in [-0.4, -0.2) is 10.9 Å². The summed E-state index contributed by atoms with van der Waals surface area (Å²) in [5, 5.41) is 0.671. The largest absolute Gasteiger partial charge is 0.279 e. The number of hydrogen-bond donors (Lipinski definition) is 0. The fourth-order valence-electron chi connectivity index (χ4n) is 3.27. The molecule has 146 valence electrons. The van der Waals surface area contributed by atoms with Gasteiger partial charge in [0.05, 0.1) is 27.3 Å². The van der Waals surface area contributed by atoms with Gasteiger partial charge in [0, 0.05) is 0 Å². The molecule has 0 atom stereocenters. The summed E-state index contributed by atoms with van der Waals surface area (Å²) in [5.41, 5.74) is 4.30. The number of aryl methyl sites for hydroxylation is 2. The van der Waals surface area contributed by atoms with Gasteiger partial charge < -0.3 is 0 Å². The van der Waals surface area contributed by atoms with Crippen molar-refractivity contribution in [3.05, 3.63) is 93.8 Å². The fraction of sp³-hybridized carbons (Fsp3) is 0.130. The van der Waals surface area contributed by atoms with Crippen LogP contribution in [0, 0.1) is 19.7 Å². The average molecular weight is 425 g/mol. The van der Waals surface area contributed by atoms with E-state index in [-0.39, 0.29) is 16.5 Å². The van der Waals surface area contributed by atoms with Gasteiger partial charge in [0.1, 0.15) is 5.82 Å². The van der Waals surface area contributed by atoms with E-state index in [4.69, 9.17) is 16.6 Å². The monoisotopic (exact) mass is 424 g/mol. The molecule has 1 heterocycles. The van der Waals surface area contributed by atoms with Gasteiger partial charge >= 0.3 is 0 Å². The second-order valence-electron chi connectivity index (χ2n) is 6.93. The molecule has 1 aromatic heterocycles. The van der Waals surface area contributed by atoms with Crippen LogP contribution in [0.4, 0.5) is 9.52 Å². The molecular formula is C23H18ClFN2OS. The summed E-state index contributed by atoms with van der Waals surface area (Å²) in [4.78, 5) is 19.8. The molecule has 0 spiro atoms. The van der Waals surface area contributed by atoms with Gasteiger partial charge in [-0.25, -0.2) is 9.37 Å². The number of carbonyl (C=O) groups excluding carboxylic acids is 1. The quantitative estimate of drug-likeness (QED) is 0.372. The van der Waals surface area contributed by atoms with Gasteiger partial charge in [0.15, 0.2) is 5.13 Å². The predicted octanol–water partition coefficient (Wildman–Crippen LogP) is 6.55. The Hall–Kier alpha value is -2.76. The molecule has 1 amide bonds. The van der Waals surface area contributed by atoms with Gasteiger partial charge in [-0.05, 0) is 54.8 Å². The highest BCUT2D eigenvalue weighted by atomic mass is 35.5. The van der Waals surface area contributed by atoms with Crippen molar-refractivity contribution in [1.29, 1.82) is 0 Å². The predicted molar refractivity (Wildman–Crippen MR) is 117 cm³/mol. The molecule has 0 radical (unpaired) electrons. The SMILES string of the molecule is Cc1cc(C)c2nc(N(Cc3ccccc3)C(=O)c3ccc(F)cc3Cl)sc2c1. The first-order chi connectivity index (χ1) is 13.9. The summed E-state index contributed by atoms with van der Waals surface area (Å²) in [7, 11) is 0. The molecule has 0 aliphatic carbocycles. The third-order valence-corrected chi connectivity index (χ3v) is 5.98. The van der Waals surface area contributed by atoms with E-state index in [0.717, 1.165) is 33.0 Å². The van der Waals surface area contributed by atoms with Crippen LogP contribution in [0.25, 0.3) is 10.2 Å². The van der Waals surface area contributed by atoms with E-state index >= 15 is 0 Å². The number of rotatable bonds is 4. The molecule has 0 N–H and O–H groups in total. The minimum atomic E-state index is -0.479. The molecule has 0 aliphatic rings. The average Bonchev–Trinajstić information content (AvgIpc) is 3.10. The van der Waals surface area contributed by atoms with Crippen LogP contribution in [0.3, 0.4) is 0 Å². The van der Waals surface area contributed by atoms with E-state index in [1.54, 1.807) is 4.90 Å². The molecule has 6 heteroatoms. The summed E-state index contributed by atoms with van der Waals surface area (Å²) >= 11 is 7.64. The van der Waals surface area contributed by atoms with Gasteiger partial charge in [-0.1, -0.05) is 59.3 Å². The lowest BCUT2D eigenvalue weighted by molar-refractivity contribution is 0.0985. The van der Waals surface area contributed by atoms with Crippen molar-refractivity contribution >= 4 is 44.2 Å². The zero-order valence-electron chi connectivity index (χ0n) is 15.9. The summed E-state index contributed by atoms with van der Waals surface area (Å²) < 4.78 is 14.5. The molecule has 4 aromatic rings. The van der Waals surface area contributed by atoms with Crippen molar-refractivity contribution in [1.82, 2.24) is 4.98 Å². The van der Waals surface area contributed by atoms with E-state index in [1.165, 1.54) is 23.5 Å². The molecule has 0 aliphatic heterocycles. The zero-order valence-corrected chi connectivity index (χ0v) is 17.5. The van der Waals surface area contributed by atoms with Crippen molar-refractivity contribution in [2.45, 2.75) is 20.4 Å². The Morgan fingerprint density at radius 1 is 1.10 bits per heavy atom. The highest BCUT2D eigenvalue weighted by molar-refractivity contribution is 7.22. The molecule has 0 saturated carbocycles. The highest BCUT2D eigenvalue weighted by Gasteiger charge is 2.24. The van der Waals surface area contributed by atoms with Crippen molar-refractivity contribution < 1.29 is 9.18 Å². The molecule has 0 unspecified atom stereocenters. The smallest absolute Gasteiger partial charge is 0.261 e. The van der Waals surface area contributed by atoms with Crippen LogP contribution >= 0.6 is 22.9 Å². The topological polar surface area (TPSA) is 33.2 Å². The second-order valence-corrected chi connectivity index (χ2v) is 8.34. The first kappa shape index (κ1) is 19.6. The Labute approximate surface area is 177 Å². The van der Waals surface area contributed by atoms with Crippen LogP contribution in [0.5, 0.6) is 0 Å². The standard InChI is InChI=1S/C23H18ClFN2OS/c1-14-10-15(2)21-20(11-14)29-23(26-21)27(13-16-6-4-3-5-7-16)22(28)18-9-8-17(25)12-19(18)24/h3-12H,13H2,1-2H3. The number of fused-ring (bicyclic) bond motifs is 1. The Morgan fingerprint density at radius 3 is 2.59 bits per heavy atom. The highest BCUT2D eigenvalue weighted by Crippen LogP contribution is 2.34. The van der Waals surface area contributed by atoms with Gasteiger partial charge in [0.25, 0.3) is 5.91 Å². The summed E-state index contributed by atoms with van der Waals surface area (Å²) in [6.45, 7) is 4.39. The fourth-order valence-corrected chi connectivity index (χ4v) is 4.66. The van der Waals surface area contributed by atoms with Gasteiger partial charge in [-0.2, -0.15) is 0 Å². The Kier molecular flexibility index (Phi) is 5.35. The van der Waals surface area contributed by atoms with E-state index in [1.807, 2.05) is 44.2 Å². The van der Waals surface area contributed by atoms with Crippen molar-refractivity contribution in [3.63, 3.8) is 0 Å². The number of anilines is 1. The number of benzene rings is 3. The normalized spacial score (nSPS) is 11.0. The minimum absolute atomic E-state index is 0.0844. The summed E-state index contributed by atoms with van der Waals surface area (Å²) in [6, 6.07) is 17.6. The maximum atomic E-state index is 13.5. The van der Waals surface area contributed by atoms with E-state index in [0.29, 0.717) is 11.7 Å². The lowest BCUT2D eigenvalue weighted by Gasteiger charge is -2.20. The minimum Gasteiger partial charge on any atom is -0.279 e. The number of hydrogen-bond acceptors (Lipinski definition) is 3. The maximum absolute atomic E-state index is 13.5. The Bertz CT molecular complexity index is 1210. The summed E-state index contributed by atoms with van der Waals surface area (Å²) in [6.07, 6.45) is 0. The van der Waals surface area contributed by atoms with Gasteiger partial charge in [-0.15, -0.1) is 0 Å². The van der Waals surface area contributed by atoms with Crippen LogP contribution in [-0.2, 0) is 6.54 Å². The van der Waals surface area contributed by atoms with Gasteiger partial charge in [-0.3, -0.25) is 9.69 Å². The lowest BCUT2D eigenvalue weighted by Crippen LogP contribution is -2.30. The molecule has 0 bridgehead atoms. The third-order valence-electron chi connectivity index (χ3n) is 4.64. The van der Waals surface area contributed by atoms with Crippen LogP contribution in [0.2, 0.25) is 5.02 Å². The van der Waals surface area contributed by atoms with E-state index in [2.05, 4.69) is 12.1 Å². The number of nitrogens with zero attached hydrogens (tertiary/aromatic N) is 2. The van der Waals surface area contributed by atoms with Crippen molar-refractivity contribution in [2.75, 3.05) is 4.90 Å². The number of halogens is 2.